The number of rotatable bonds is 10. The first-order valence-electron chi connectivity index (χ1n) is 12.2. The number of hydrogen-bond acceptors (Lipinski definition) is 6. The second-order valence-electron chi connectivity index (χ2n) is 9.82. The lowest BCUT2D eigenvalue weighted by atomic mass is 9.71. The number of hydrogen-bond donors (Lipinski definition) is 2. The number of thioether (sulfide) groups is 1. The second-order valence-corrected chi connectivity index (χ2v) is 12.5. The van der Waals surface area contributed by atoms with Crippen LogP contribution in [0.1, 0.15) is 26.7 Å². The maximum absolute atomic E-state index is 14.5. The van der Waals surface area contributed by atoms with E-state index in [1.54, 1.807) is 42.4 Å². The van der Waals surface area contributed by atoms with Gasteiger partial charge in [-0.1, -0.05) is 42.3 Å². The lowest BCUT2D eigenvalue weighted by molar-refractivity contribution is -0.149. The zero-order chi connectivity index (χ0) is 26.4. The predicted octanol–water partition coefficient (Wildman–Crippen LogP) is 3.17. The van der Waals surface area contributed by atoms with Crippen LogP contribution in [0, 0.1) is 17.8 Å². The molecule has 196 valence electrons. The van der Waals surface area contributed by atoms with Crippen LogP contribution in [-0.4, -0.2) is 80.1 Å². The molecular weight excluding hydrogens is 548 g/mol. The van der Waals surface area contributed by atoms with E-state index in [0.29, 0.717) is 24.3 Å². The predicted molar refractivity (Wildman–Crippen MR) is 143 cm³/mol. The highest BCUT2D eigenvalue weighted by Crippen LogP contribution is 2.68. The van der Waals surface area contributed by atoms with Crippen LogP contribution >= 0.6 is 27.7 Å². The third kappa shape index (κ3) is 4.05. The van der Waals surface area contributed by atoms with Crippen molar-refractivity contribution in [3.63, 3.8) is 0 Å². The Bertz CT molecular complexity index is 1040. The number of fused-ring (bicyclic) bond motifs is 1. The van der Waals surface area contributed by atoms with E-state index in [2.05, 4.69) is 22.5 Å². The van der Waals surface area contributed by atoms with Crippen LogP contribution in [0.25, 0.3) is 0 Å². The highest BCUT2D eigenvalue weighted by molar-refractivity contribution is 9.09. The Labute approximate surface area is 224 Å². The van der Waals surface area contributed by atoms with Crippen molar-refractivity contribution in [2.75, 3.05) is 25.2 Å². The van der Waals surface area contributed by atoms with E-state index in [1.807, 2.05) is 13.8 Å². The van der Waals surface area contributed by atoms with Gasteiger partial charge in [0.25, 0.3) is 5.91 Å². The fraction of sp³-hybridized carbons (Fsp3) is 0.577. The van der Waals surface area contributed by atoms with E-state index in [9.17, 15) is 24.6 Å². The smallest absolute Gasteiger partial charge is 0.308 e. The molecule has 3 aliphatic rings. The first-order valence-corrected chi connectivity index (χ1v) is 14.0. The lowest BCUT2D eigenvalue weighted by Crippen LogP contribution is -2.59. The van der Waals surface area contributed by atoms with Gasteiger partial charge in [0.05, 0.1) is 36.3 Å². The van der Waals surface area contributed by atoms with Crippen molar-refractivity contribution < 1.29 is 29.3 Å². The van der Waals surface area contributed by atoms with E-state index >= 15 is 0 Å². The number of nitrogens with zero attached hydrogens (tertiary/aromatic N) is 2. The fourth-order valence-corrected chi connectivity index (χ4v) is 9.75. The minimum absolute atomic E-state index is 0.0800. The van der Waals surface area contributed by atoms with E-state index in [1.165, 1.54) is 16.7 Å². The molecule has 3 unspecified atom stereocenters. The van der Waals surface area contributed by atoms with Crippen molar-refractivity contribution >= 4 is 51.2 Å². The van der Waals surface area contributed by atoms with Crippen LogP contribution in [0.15, 0.2) is 36.9 Å². The third-order valence-electron chi connectivity index (χ3n) is 8.05. The standard InChI is InChI=1S/C26H33BrN2O6S/c1-5-11-28(15-7-9-16(35-4)10-8-15)24(32)22-26-12-17(27)21(36-26)19(25(33)34)20(26)23(31)29(22)18(13-30)14(3)6-2/h5,7-10,14,17-22,30H,1,6,11-13H2,2-4H3,(H,33,34)/t14-,17?,18-,19-,20-,21-,22?,26?/m0/s1. The van der Waals surface area contributed by atoms with Gasteiger partial charge in [0.15, 0.2) is 0 Å². The Kier molecular flexibility index (Phi) is 7.78. The molecule has 36 heavy (non-hydrogen) atoms. The molecule has 3 heterocycles. The number of carbonyl (C=O) groups is 3. The summed E-state index contributed by atoms with van der Waals surface area (Å²) in [5.74, 6) is -2.82. The van der Waals surface area contributed by atoms with Crippen LogP contribution in [-0.2, 0) is 14.4 Å². The van der Waals surface area contributed by atoms with Crippen molar-refractivity contribution in [3.8, 4) is 5.75 Å². The molecule has 3 saturated heterocycles. The van der Waals surface area contributed by atoms with E-state index in [4.69, 9.17) is 4.74 Å². The van der Waals surface area contributed by atoms with Crippen molar-refractivity contribution in [1.82, 2.24) is 4.90 Å². The molecule has 10 heteroatoms. The Hall–Kier alpha value is -2.04. The summed E-state index contributed by atoms with van der Waals surface area (Å²) in [5, 5.41) is 20.2. The molecule has 1 aromatic carbocycles. The number of halogens is 1. The van der Waals surface area contributed by atoms with E-state index < -0.39 is 34.6 Å². The summed E-state index contributed by atoms with van der Waals surface area (Å²) in [6.07, 6.45) is 2.82. The third-order valence-corrected chi connectivity index (χ3v) is 11.3. The molecule has 1 spiro atoms. The number of ether oxygens (including phenoxy) is 1. The summed E-state index contributed by atoms with van der Waals surface area (Å²) in [6.45, 7) is 7.65. The van der Waals surface area contributed by atoms with Crippen molar-refractivity contribution in [3.05, 3.63) is 36.9 Å². The van der Waals surface area contributed by atoms with Gasteiger partial charge in [0, 0.05) is 22.3 Å². The quantitative estimate of drug-likeness (QED) is 0.323. The van der Waals surface area contributed by atoms with Gasteiger partial charge in [-0.05, 0) is 36.6 Å². The Morgan fingerprint density at radius 2 is 2.06 bits per heavy atom. The minimum atomic E-state index is -1.02. The molecule has 1 aromatic rings. The summed E-state index contributed by atoms with van der Waals surface area (Å²) in [5.41, 5.74) is 0.625. The fourth-order valence-electron chi connectivity index (χ4n) is 6.16. The monoisotopic (exact) mass is 580 g/mol. The van der Waals surface area contributed by atoms with Crippen LogP contribution in [0.2, 0.25) is 0 Å². The van der Waals surface area contributed by atoms with Crippen molar-refractivity contribution in [2.45, 2.75) is 53.6 Å². The first kappa shape index (κ1) is 27.0. The maximum Gasteiger partial charge on any atom is 0.308 e. The molecule has 4 rings (SSSR count). The molecule has 2 amide bonds. The first-order chi connectivity index (χ1) is 17.2. The zero-order valence-corrected chi connectivity index (χ0v) is 23.1. The minimum Gasteiger partial charge on any atom is -0.497 e. The molecule has 0 aromatic heterocycles. The van der Waals surface area contributed by atoms with Crippen LogP contribution < -0.4 is 9.64 Å². The average molecular weight is 582 g/mol. The molecule has 0 saturated carbocycles. The Morgan fingerprint density at radius 3 is 2.58 bits per heavy atom. The lowest BCUT2D eigenvalue weighted by Gasteiger charge is -2.41. The van der Waals surface area contributed by atoms with Gasteiger partial charge in [0.1, 0.15) is 11.8 Å². The highest BCUT2D eigenvalue weighted by Gasteiger charge is 2.76. The molecule has 8 atom stereocenters. The van der Waals surface area contributed by atoms with Crippen molar-refractivity contribution in [1.29, 1.82) is 0 Å². The van der Waals surface area contributed by atoms with Gasteiger partial charge < -0.3 is 24.7 Å². The zero-order valence-electron chi connectivity index (χ0n) is 20.7. The van der Waals surface area contributed by atoms with E-state index in [0.717, 1.165) is 0 Å². The number of carbonyl (C=O) groups excluding carboxylic acids is 2. The molecule has 8 nitrogen and oxygen atoms in total. The number of anilines is 1. The number of alkyl halides is 1. The summed E-state index contributed by atoms with van der Waals surface area (Å²) in [6, 6.07) is 5.57. The number of carboxylic acid groups (broad SMARTS) is 1. The number of aliphatic hydroxyl groups is 1. The van der Waals surface area contributed by atoms with Crippen molar-refractivity contribution in [2.24, 2.45) is 17.8 Å². The van der Waals surface area contributed by atoms with Gasteiger partial charge in [-0.3, -0.25) is 14.4 Å². The summed E-state index contributed by atoms with van der Waals surface area (Å²) in [4.78, 5) is 43.9. The number of aliphatic carboxylic acids is 1. The number of amides is 2. The maximum atomic E-state index is 14.5. The van der Waals surface area contributed by atoms with Crippen LogP contribution in [0.4, 0.5) is 5.69 Å². The molecule has 2 N–H and O–H groups in total. The van der Waals surface area contributed by atoms with Gasteiger partial charge >= 0.3 is 5.97 Å². The number of benzene rings is 1. The van der Waals surface area contributed by atoms with E-state index in [-0.39, 0.29) is 41.0 Å². The number of likely N-dealkylation sites (tertiary alicyclic amines) is 1. The van der Waals surface area contributed by atoms with Gasteiger partial charge in [-0.25, -0.2) is 0 Å². The topological polar surface area (TPSA) is 107 Å². The molecular formula is C26H33BrN2O6S. The summed E-state index contributed by atoms with van der Waals surface area (Å²) < 4.78 is 4.36. The Balaban J connectivity index is 1.85. The van der Waals surface area contributed by atoms with Gasteiger partial charge in [-0.15, -0.1) is 18.3 Å². The molecule has 0 radical (unpaired) electrons. The van der Waals surface area contributed by atoms with Crippen LogP contribution in [0.3, 0.4) is 0 Å². The molecule has 2 bridgehead atoms. The number of methoxy groups -OCH3 is 1. The van der Waals surface area contributed by atoms with Gasteiger partial charge in [0.2, 0.25) is 5.91 Å². The molecule has 0 aliphatic carbocycles. The second kappa shape index (κ2) is 10.4. The van der Waals surface area contributed by atoms with Gasteiger partial charge in [-0.2, -0.15) is 0 Å². The Morgan fingerprint density at radius 1 is 1.39 bits per heavy atom. The number of carboxylic acids is 1. The normalized spacial score (nSPS) is 32.2. The summed E-state index contributed by atoms with van der Waals surface area (Å²) >= 11 is 5.12. The SMILES string of the molecule is C=CCN(C(=O)C1N([C@@H](CO)[C@@H](C)CC)C(=O)[C@@H]2[C@H](C(=O)O)[C@H]3SC12CC3Br)c1ccc(OC)cc1. The molecule has 3 fully saturated rings. The average Bonchev–Trinajstić information content (AvgIpc) is 3.46. The number of aliphatic hydroxyl groups excluding tert-OH is 1. The highest BCUT2D eigenvalue weighted by atomic mass is 79.9. The van der Waals surface area contributed by atoms with Crippen LogP contribution in [0.5, 0.6) is 5.75 Å². The largest absolute Gasteiger partial charge is 0.497 e. The molecule has 3 aliphatic heterocycles. The summed E-state index contributed by atoms with van der Waals surface area (Å²) in [7, 11) is 1.57.